The first-order chi connectivity index (χ1) is 12.4. The van der Waals surface area contributed by atoms with Gasteiger partial charge in [0.15, 0.2) is 0 Å². The zero-order valence-corrected chi connectivity index (χ0v) is 16.5. The molecule has 1 amide bonds. The van der Waals surface area contributed by atoms with Gasteiger partial charge in [-0.05, 0) is 31.3 Å². The molecule has 0 fully saturated rings. The van der Waals surface area contributed by atoms with Crippen molar-refractivity contribution in [3.05, 3.63) is 52.0 Å². The van der Waals surface area contributed by atoms with E-state index in [9.17, 15) is 4.79 Å². The summed E-state index contributed by atoms with van der Waals surface area (Å²) in [6, 6.07) is 10.7. The van der Waals surface area contributed by atoms with Gasteiger partial charge in [0.05, 0.1) is 24.9 Å². The minimum absolute atomic E-state index is 0.122. The Kier molecular flexibility index (Phi) is 7.57. The van der Waals surface area contributed by atoms with Crippen molar-refractivity contribution in [2.75, 3.05) is 33.1 Å². The molecule has 0 radical (unpaired) electrons. The van der Waals surface area contributed by atoms with Crippen molar-refractivity contribution in [3.63, 3.8) is 0 Å². The molecular weight excluding hydrogens is 375 g/mol. The van der Waals surface area contributed by atoms with Crippen molar-refractivity contribution < 1.29 is 14.3 Å². The molecule has 2 aromatic rings. The maximum absolute atomic E-state index is 12.2. The van der Waals surface area contributed by atoms with Crippen molar-refractivity contribution in [1.29, 1.82) is 0 Å². The predicted molar refractivity (Wildman–Crippen MR) is 106 cm³/mol. The number of amides is 1. The van der Waals surface area contributed by atoms with E-state index in [4.69, 9.17) is 32.7 Å². The molecule has 7 heteroatoms. The quantitative estimate of drug-likeness (QED) is 0.714. The Morgan fingerprint density at radius 3 is 2.58 bits per heavy atom. The summed E-state index contributed by atoms with van der Waals surface area (Å²) in [5.74, 6) is 1.38. The first kappa shape index (κ1) is 20.4. The Morgan fingerprint density at radius 1 is 1.12 bits per heavy atom. The van der Waals surface area contributed by atoms with Crippen LogP contribution in [0.1, 0.15) is 12.0 Å². The highest BCUT2D eigenvalue weighted by molar-refractivity contribution is 6.35. The highest BCUT2D eigenvalue weighted by Gasteiger charge is 2.11. The second kappa shape index (κ2) is 9.67. The first-order valence-corrected chi connectivity index (χ1v) is 8.83. The second-order valence-electron chi connectivity index (χ2n) is 5.84. The number of carbonyl (C=O) groups is 1. The molecule has 0 bridgehead atoms. The predicted octanol–water partition coefficient (Wildman–Crippen LogP) is 4.47. The van der Waals surface area contributed by atoms with Gasteiger partial charge in [0.25, 0.3) is 0 Å². The number of nitrogens with zero attached hydrogens (tertiary/aromatic N) is 1. The molecule has 2 aromatic carbocycles. The molecule has 0 heterocycles. The molecule has 0 aromatic heterocycles. The third kappa shape index (κ3) is 5.80. The molecule has 26 heavy (non-hydrogen) atoms. The maximum Gasteiger partial charge on any atom is 0.225 e. The summed E-state index contributed by atoms with van der Waals surface area (Å²) in [6.45, 7) is 1.23. The van der Waals surface area contributed by atoms with Crippen molar-refractivity contribution >= 4 is 34.8 Å². The van der Waals surface area contributed by atoms with Gasteiger partial charge in [0, 0.05) is 36.2 Å². The van der Waals surface area contributed by atoms with Crippen LogP contribution in [0.2, 0.25) is 10.0 Å². The van der Waals surface area contributed by atoms with Crippen molar-refractivity contribution in [2.24, 2.45) is 0 Å². The smallest absolute Gasteiger partial charge is 0.225 e. The third-order valence-corrected chi connectivity index (χ3v) is 4.42. The SMILES string of the molecule is COc1ccc(CN(C)CCC(=O)Nc2cc(Cl)ccc2Cl)c(OC)c1. The molecule has 0 saturated heterocycles. The number of rotatable bonds is 8. The number of halogens is 2. The average molecular weight is 397 g/mol. The number of nitrogens with one attached hydrogen (secondary N) is 1. The average Bonchev–Trinajstić information content (AvgIpc) is 2.63. The van der Waals surface area contributed by atoms with E-state index in [1.54, 1.807) is 32.4 Å². The highest BCUT2D eigenvalue weighted by atomic mass is 35.5. The zero-order valence-electron chi connectivity index (χ0n) is 15.0. The summed E-state index contributed by atoms with van der Waals surface area (Å²) < 4.78 is 10.6. The van der Waals surface area contributed by atoms with Crippen LogP contribution in [-0.2, 0) is 11.3 Å². The van der Waals surface area contributed by atoms with E-state index in [1.165, 1.54) is 0 Å². The number of hydrogen-bond donors (Lipinski definition) is 1. The summed E-state index contributed by atoms with van der Waals surface area (Å²) in [5.41, 5.74) is 1.54. The Hall–Kier alpha value is -1.95. The summed E-state index contributed by atoms with van der Waals surface area (Å²) in [7, 11) is 5.19. The van der Waals surface area contributed by atoms with E-state index >= 15 is 0 Å². The molecule has 0 aliphatic carbocycles. The van der Waals surface area contributed by atoms with Crippen molar-refractivity contribution in [3.8, 4) is 11.5 Å². The second-order valence-corrected chi connectivity index (χ2v) is 6.68. The molecule has 0 atom stereocenters. The lowest BCUT2D eigenvalue weighted by molar-refractivity contribution is -0.116. The number of methoxy groups -OCH3 is 2. The number of ether oxygens (including phenoxy) is 2. The molecule has 0 unspecified atom stereocenters. The lowest BCUT2D eigenvalue weighted by atomic mass is 10.1. The summed E-state index contributed by atoms with van der Waals surface area (Å²) in [4.78, 5) is 14.2. The van der Waals surface area contributed by atoms with Gasteiger partial charge >= 0.3 is 0 Å². The van der Waals surface area contributed by atoms with Gasteiger partial charge in [-0.1, -0.05) is 29.3 Å². The van der Waals surface area contributed by atoms with Gasteiger partial charge in [-0.25, -0.2) is 0 Å². The lowest BCUT2D eigenvalue weighted by Crippen LogP contribution is -2.24. The fourth-order valence-electron chi connectivity index (χ4n) is 2.45. The molecular formula is C19H22Cl2N2O3. The van der Waals surface area contributed by atoms with Crippen LogP contribution in [0.15, 0.2) is 36.4 Å². The van der Waals surface area contributed by atoms with E-state index < -0.39 is 0 Å². The molecule has 0 aliphatic heterocycles. The van der Waals surface area contributed by atoms with Crippen LogP contribution in [0.25, 0.3) is 0 Å². The van der Waals surface area contributed by atoms with Gasteiger partial charge < -0.3 is 19.7 Å². The minimum Gasteiger partial charge on any atom is -0.497 e. The van der Waals surface area contributed by atoms with Gasteiger partial charge in [-0.15, -0.1) is 0 Å². The standard InChI is InChI=1S/C19H22Cl2N2O3/c1-23(12-13-4-6-15(25-2)11-18(13)26-3)9-8-19(24)22-17-10-14(20)5-7-16(17)21/h4-7,10-11H,8-9,12H2,1-3H3,(H,22,24). The maximum atomic E-state index is 12.2. The number of carbonyl (C=O) groups excluding carboxylic acids is 1. The molecule has 0 aliphatic rings. The summed E-state index contributed by atoms with van der Waals surface area (Å²) in [5, 5.41) is 3.76. The van der Waals surface area contributed by atoms with Crippen molar-refractivity contribution in [1.82, 2.24) is 4.90 Å². The lowest BCUT2D eigenvalue weighted by Gasteiger charge is -2.19. The third-order valence-electron chi connectivity index (χ3n) is 3.86. The normalized spacial score (nSPS) is 10.7. The van der Waals surface area contributed by atoms with Crippen LogP contribution in [0, 0.1) is 0 Å². The summed E-state index contributed by atoms with van der Waals surface area (Å²) in [6.07, 6.45) is 0.331. The van der Waals surface area contributed by atoms with E-state index in [0.717, 1.165) is 17.1 Å². The van der Waals surface area contributed by atoms with Crippen LogP contribution in [0.4, 0.5) is 5.69 Å². The molecule has 140 valence electrons. The molecule has 1 N–H and O–H groups in total. The molecule has 0 spiro atoms. The van der Waals surface area contributed by atoms with Crippen molar-refractivity contribution in [2.45, 2.75) is 13.0 Å². The van der Waals surface area contributed by atoms with Gasteiger partial charge in [0.2, 0.25) is 5.91 Å². The van der Waals surface area contributed by atoms with Crippen LogP contribution in [0.3, 0.4) is 0 Å². The topological polar surface area (TPSA) is 50.8 Å². The van der Waals surface area contributed by atoms with Gasteiger partial charge in [-0.2, -0.15) is 0 Å². The zero-order chi connectivity index (χ0) is 19.1. The summed E-state index contributed by atoms with van der Waals surface area (Å²) >= 11 is 12.0. The Labute approximate surface area is 163 Å². The molecule has 0 saturated carbocycles. The van der Waals surface area contributed by atoms with Crippen LogP contribution in [0.5, 0.6) is 11.5 Å². The van der Waals surface area contributed by atoms with E-state index in [-0.39, 0.29) is 5.91 Å². The fourth-order valence-corrected chi connectivity index (χ4v) is 2.79. The van der Waals surface area contributed by atoms with Gasteiger partial charge in [0.1, 0.15) is 11.5 Å². The fraction of sp³-hybridized carbons (Fsp3) is 0.316. The van der Waals surface area contributed by atoms with Gasteiger partial charge in [-0.3, -0.25) is 4.79 Å². The van der Waals surface area contributed by atoms with E-state index in [2.05, 4.69) is 5.32 Å². The Balaban J connectivity index is 1.89. The van der Waals surface area contributed by atoms with Crippen LogP contribution >= 0.6 is 23.2 Å². The number of benzene rings is 2. The minimum atomic E-state index is -0.122. The monoisotopic (exact) mass is 396 g/mol. The van der Waals surface area contributed by atoms with Crippen LogP contribution in [-0.4, -0.2) is 38.6 Å². The molecule has 5 nitrogen and oxygen atoms in total. The largest absolute Gasteiger partial charge is 0.497 e. The highest BCUT2D eigenvalue weighted by Crippen LogP contribution is 2.26. The number of anilines is 1. The van der Waals surface area contributed by atoms with E-state index in [0.29, 0.717) is 35.2 Å². The van der Waals surface area contributed by atoms with Crippen LogP contribution < -0.4 is 14.8 Å². The Bertz CT molecular complexity index is 768. The first-order valence-electron chi connectivity index (χ1n) is 8.07. The number of hydrogen-bond acceptors (Lipinski definition) is 4. The molecule has 2 rings (SSSR count). The van der Waals surface area contributed by atoms with E-state index in [1.807, 2.05) is 30.1 Å². The Morgan fingerprint density at radius 2 is 1.88 bits per heavy atom.